The Balaban J connectivity index is 4.59. The fourth-order valence-corrected chi connectivity index (χ4v) is 0.668. The molecular formula is C7H10F6O. The van der Waals surface area contributed by atoms with Crippen LogP contribution in [0.2, 0.25) is 0 Å². The Kier molecular flexibility index (Phi) is 4.23. The van der Waals surface area contributed by atoms with Crippen molar-refractivity contribution in [3.8, 4) is 0 Å². The van der Waals surface area contributed by atoms with E-state index in [1.165, 1.54) is 6.92 Å². The molecular weight excluding hydrogens is 214 g/mol. The first kappa shape index (κ1) is 13.5. The van der Waals surface area contributed by atoms with Crippen LogP contribution in [0.25, 0.3) is 0 Å². The van der Waals surface area contributed by atoms with Crippen LogP contribution in [0.3, 0.4) is 0 Å². The van der Waals surface area contributed by atoms with E-state index in [0.717, 1.165) is 6.92 Å². The molecule has 0 saturated carbocycles. The van der Waals surface area contributed by atoms with Gasteiger partial charge < -0.3 is 4.74 Å². The molecule has 0 N–H and O–H groups in total. The van der Waals surface area contributed by atoms with Crippen LogP contribution < -0.4 is 0 Å². The molecule has 1 atom stereocenters. The number of ether oxygens (including phenoxy) is 1. The topological polar surface area (TPSA) is 9.23 Å². The van der Waals surface area contributed by atoms with Gasteiger partial charge in [-0.25, -0.2) is 0 Å². The van der Waals surface area contributed by atoms with Crippen molar-refractivity contribution >= 4 is 0 Å². The van der Waals surface area contributed by atoms with Crippen molar-refractivity contribution in [2.24, 2.45) is 0 Å². The lowest BCUT2D eigenvalue weighted by atomic mass is 10.3. The minimum Gasteiger partial charge on any atom is -0.358 e. The molecule has 0 aromatic carbocycles. The van der Waals surface area contributed by atoms with Gasteiger partial charge in [0.25, 0.3) is 0 Å². The molecule has 14 heavy (non-hydrogen) atoms. The van der Waals surface area contributed by atoms with Crippen molar-refractivity contribution in [3.63, 3.8) is 0 Å². The van der Waals surface area contributed by atoms with Gasteiger partial charge in [0.05, 0.1) is 6.10 Å². The maximum Gasteiger partial charge on any atom is 0.423 e. The highest BCUT2D eigenvalue weighted by Gasteiger charge is 2.58. The van der Waals surface area contributed by atoms with Crippen LogP contribution in [-0.4, -0.2) is 24.6 Å². The standard InChI is InChI=1S/C7H10F6O/c1-3-4(2)14-5(6(8,9)10)7(11,12)13/h4-5H,3H2,1-2H3/t4-/m0/s1. The molecule has 0 spiro atoms. The zero-order chi connectivity index (χ0) is 11.6. The Morgan fingerprint density at radius 1 is 1.00 bits per heavy atom. The van der Waals surface area contributed by atoms with Gasteiger partial charge in [0.2, 0.25) is 6.10 Å². The van der Waals surface area contributed by atoms with Gasteiger partial charge in [-0.3, -0.25) is 0 Å². The van der Waals surface area contributed by atoms with Gasteiger partial charge in [-0.15, -0.1) is 0 Å². The van der Waals surface area contributed by atoms with E-state index >= 15 is 0 Å². The summed E-state index contributed by atoms with van der Waals surface area (Å²) in [4.78, 5) is 0. The monoisotopic (exact) mass is 224 g/mol. The smallest absolute Gasteiger partial charge is 0.358 e. The van der Waals surface area contributed by atoms with Gasteiger partial charge >= 0.3 is 12.4 Å². The Hall–Kier alpha value is -0.460. The van der Waals surface area contributed by atoms with Crippen molar-refractivity contribution in [3.05, 3.63) is 0 Å². The van der Waals surface area contributed by atoms with Gasteiger partial charge in [0, 0.05) is 0 Å². The third-order valence-electron chi connectivity index (χ3n) is 1.54. The van der Waals surface area contributed by atoms with Crippen molar-refractivity contribution in [1.29, 1.82) is 0 Å². The van der Waals surface area contributed by atoms with E-state index in [-0.39, 0.29) is 6.42 Å². The summed E-state index contributed by atoms with van der Waals surface area (Å²) < 4.78 is 75.1. The van der Waals surface area contributed by atoms with Crippen LogP contribution in [0.5, 0.6) is 0 Å². The lowest BCUT2D eigenvalue weighted by Gasteiger charge is -2.25. The molecule has 0 aliphatic carbocycles. The maximum atomic E-state index is 11.9. The van der Waals surface area contributed by atoms with Crippen molar-refractivity contribution in [1.82, 2.24) is 0 Å². The third kappa shape index (κ3) is 4.17. The normalized spacial score (nSPS) is 16.1. The summed E-state index contributed by atoms with van der Waals surface area (Å²) >= 11 is 0. The van der Waals surface area contributed by atoms with E-state index in [1.54, 1.807) is 0 Å². The molecule has 0 rings (SSSR count). The van der Waals surface area contributed by atoms with Gasteiger partial charge in [-0.05, 0) is 13.3 Å². The minimum absolute atomic E-state index is 0.0860. The summed E-state index contributed by atoms with van der Waals surface area (Å²) in [6.45, 7) is 2.60. The Morgan fingerprint density at radius 3 is 1.57 bits per heavy atom. The van der Waals surface area contributed by atoms with Crippen LogP contribution in [-0.2, 0) is 4.74 Å². The van der Waals surface area contributed by atoms with E-state index in [9.17, 15) is 26.3 Å². The average Bonchev–Trinajstić information content (AvgIpc) is 1.95. The first-order chi connectivity index (χ1) is 6.09. The zero-order valence-electron chi connectivity index (χ0n) is 7.54. The highest BCUT2D eigenvalue weighted by Crippen LogP contribution is 2.36. The maximum absolute atomic E-state index is 11.9. The average molecular weight is 224 g/mol. The van der Waals surface area contributed by atoms with Crippen LogP contribution in [0, 0.1) is 0 Å². The molecule has 0 saturated heterocycles. The second-order valence-corrected chi connectivity index (χ2v) is 2.82. The summed E-state index contributed by atoms with van der Waals surface area (Å²) in [5.41, 5.74) is 0. The predicted octanol–water partition coefficient (Wildman–Crippen LogP) is 3.29. The molecule has 0 bridgehead atoms. The molecule has 0 aromatic rings. The number of hydrogen-bond acceptors (Lipinski definition) is 1. The van der Waals surface area contributed by atoms with Gasteiger partial charge in [0.1, 0.15) is 0 Å². The molecule has 86 valence electrons. The second kappa shape index (κ2) is 4.37. The Bertz CT molecular complexity index is 158. The quantitative estimate of drug-likeness (QED) is 0.668. The van der Waals surface area contributed by atoms with Crippen LogP contribution in [0.15, 0.2) is 0 Å². The van der Waals surface area contributed by atoms with Crippen LogP contribution in [0.1, 0.15) is 20.3 Å². The fourth-order valence-electron chi connectivity index (χ4n) is 0.668. The molecule has 0 aromatic heterocycles. The fraction of sp³-hybridized carbons (Fsp3) is 1.00. The SMILES string of the molecule is CC[C@H](C)OC(C(F)(F)F)C(F)(F)F. The molecule has 1 nitrogen and oxygen atoms in total. The number of rotatable bonds is 3. The van der Waals surface area contributed by atoms with E-state index in [0.29, 0.717) is 0 Å². The predicted molar refractivity (Wildman–Crippen MR) is 36.7 cm³/mol. The van der Waals surface area contributed by atoms with Gasteiger partial charge in [-0.1, -0.05) is 6.92 Å². The molecule has 7 heteroatoms. The molecule has 0 aliphatic heterocycles. The Labute approximate surface area is 77.0 Å². The molecule has 0 heterocycles. The van der Waals surface area contributed by atoms with E-state index in [1.807, 2.05) is 0 Å². The Morgan fingerprint density at radius 2 is 1.36 bits per heavy atom. The van der Waals surface area contributed by atoms with Crippen LogP contribution in [0.4, 0.5) is 26.3 Å². The minimum atomic E-state index is -5.42. The summed E-state index contributed by atoms with van der Waals surface area (Å²) in [6.07, 6.45) is -15.5. The molecule has 0 fully saturated rings. The van der Waals surface area contributed by atoms with E-state index in [2.05, 4.69) is 4.74 Å². The molecule has 0 radical (unpaired) electrons. The van der Waals surface area contributed by atoms with Crippen molar-refractivity contribution < 1.29 is 31.1 Å². The number of halogens is 6. The first-order valence-corrected chi connectivity index (χ1v) is 3.88. The molecule has 0 aliphatic rings. The highest BCUT2D eigenvalue weighted by molar-refractivity contribution is 4.76. The second-order valence-electron chi connectivity index (χ2n) is 2.82. The number of hydrogen-bond donors (Lipinski definition) is 0. The summed E-state index contributed by atoms with van der Waals surface area (Å²) in [5, 5.41) is 0. The zero-order valence-corrected chi connectivity index (χ0v) is 7.54. The summed E-state index contributed by atoms with van der Waals surface area (Å²) in [5.74, 6) is 0. The van der Waals surface area contributed by atoms with Crippen LogP contribution >= 0.6 is 0 Å². The lowest BCUT2D eigenvalue weighted by Crippen LogP contribution is -2.45. The molecule has 0 unspecified atom stereocenters. The van der Waals surface area contributed by atoms with E-state index < -0.39 is 24.6 Å². The summed E-state index contributed by atoms with van der Waals surface area (Å²) in [6, 6.07) is 0. The first-order valence-electron chi connectivity index (χ1n) is 3.88. The largest absolute Gasteiger partial charge is 0.423 e. The van der Waals surface area contributed by atoms with Crippen molar-refractivity contribution in [2.45, 2.75) is 44.8 Å². The van der Waals surface area contributed by atoms with Gasteiger partial charge in [-0.2, -0.15) is 26.3 Å². The third-order valence-corrected chi connectivity index (χ3v) is 1.54. The highest BCUT2D eigenvalue weighted by atomic mass is 19.4. The van der Waals surface area contributed by atoms with E-state index in [4.69, 9.17) is 0 Å². The van der Waals surface area contributed by atoms with Gasteiger partial charge in [0.15, 0.2) is 0 Å². The van der Waals surface area contributed by atoms with Crippen molar-refractivity contribution in [2.75, 3.05) is 0 Å². The lowest BCUT2D eigenvalue weighted by molar-refractivity contribution is -0.329. The number of alkyl halides is 6. The molecule has 0 amide bonds. The summed E-state index contributed by atoms with van der Waals surface area (Å²) in [7, 11) is 0.